The molecule has 2 heterocycles. The predicted molar refractivity (Wildman–Crippen MR) is 140 cm³/mol. The fourth-order valence-corrected chi connectivity index (χ4v) is 6.17. The molecule has 196 valence electrons. The molecule has 2 atom stereocenters. The van der Waals surface area contributed by atoms with Crippen LogP contribution in [0.25, 0.3) is 0 Å². The zero-order chi connectivity index (χ0) is 26.0. The molecule has 1 spiro atoms. The Morgan fingerprint density at radius 3 is 2.70 bits per heavy atom. The summed E-state index contributed by atoms with van der Waals surface area (Å²) >= 11 is 0. The number of nitrogens with one attached hydrogen (secondary N) is 2. The van der Waals surface area contributed by atoms with E-state index in [4.69, 9.17) is 4.74 Å². The van der Waals surface area contributed by atoms with E-state index in [2.05, 4.69) is 47.0 Å². The average Bonchev–Trinajstić information content (AvgIpc) is 3.38. The molecule has 0 radical (unpaired) electrons. The van der Waals surface area contributed by atoms with E-state index in [0.717, 1.165) is 49.9 Å². The lowest BCUT2D eigenvalue weighted by molar-refractivity contribution is 0.0155. The van der Waals surface area contributed by atoms with E-state index in [0.29, 0.717) is 30.4 Å². The van der Waals surface area contributed by atoms with E-state index in [1.165, 1.54) is 17.7 Å². The van der Waals surface area contributed by atoms with Crippen LogP contribution in [0.5, 0.6) is 0 Å². The second-order valence-electron chi connectivity index (χ2n) is 10.8. The molecule has 3 aliphatic rings. The number of ether oxygens (including phenoxy) is 1. The average molecular weight is 507 g/mol. The van der Waals surface area contributed by atoms with Crippen molar-refractivity contribution in [2.24, 2.45) is 11.0 Å². The molecular weight excluding hydrogens is 471 g/mol. The third-order valence-corrected chi connectivity index (χ3v) is 8.14. The van der Waals surface area contributed by atoms with Crippen molar-refractivity contribution < 1.29 is 18.7 Å². The van der Waals surface area contributed by atoms with Crippen LogP contribution in [0.4, 0.5) is 14.0 Å². The van der Waals surface area contributed by atoms with E-state index in [9.17, 15) is 14.0 Å². The summed E-state index contributed by atoms with van der Waals surface area (Å²) in [6.45, 7) is 5.42. The van der Waals surface area contributed by atoms with E-state index < -0.39 is 11.7 Å². The van der Waals surface area contributed by atoms with Gasteiger partial charge in [-0.25, -0.2) is 19.4 Å². The molecule has 2 fully saturated rings. The van der Waals surface area contributed by atoms with Crippen LogP contribution < -0.4 is 10.7 Å². The van der Waals surface area contributed by atoms with Gasteiger partial charge in [0.15, 0.2) is 5.60 Å². The summed E-state index contributed by atoms with van der Waals surface area (Å²) in [7, 11) is 0. The van der Waals surface area contributed by atoms with Gasteiger partial charge in [-0.1, -0.05) is 30.3 Å². The van der Waals surface area contributed by atoms with Crippen LogP contribution in [-0.2, 0) is 4.74 Å². The number of carbonyl (C=O) groups is 2. The number of amides is 3. The first kappa shape index (κ1) is 25.2. The largest absolute Gasteiger partial charge is 0.435 e. The van der Waals surface area contributed by atoms with Crippen molar-refractivity contribution in [3.8, 4) is 0 Å². The Morgan fingerprint density at radius 1 is 1.22 bits per heavy atom. The Labute approximate surface area is 217 Å². The quantitative estimate of drug-likeness (QED) is 0.563. The Bertz CT molecular complexity index is 1180. The van der Waals surface area contributed by atoms with E-state index >= 15 is 0 Å². The fourth-order valence-electron chi connectivity index (χ4n) is 6.17. The highest BCUT2D eigenvalue weighted by atomic mass is 19.1. The number of carbonyl (C=O) groups excluding carboxylic acids is 2. The molecule has 2 N–H and O–H groups in total. The molecule has 3 amide bonds. The van der Waals surface area contributed by atoms with Gasteiger partial charge in [0.1, 0.15) is 11.5 Å². The summed E-state index contributed by atoms with van der Waals surface area (Å²) in [5.74, 6) is 0.492. The van der Waals surface area contributed by atoms with Crippen LogP contribution in [0.15, 0.2) is 53.6 Å². The zero-order valence-corrected chi connectivity index (χ0v) is 21.5. The molecule has 2 aromatic carbocycles. The first-order chi connectivity index (χ1) is 17.8. The van der Waals surface area contributed by atoms with Gasteiger partial charge in [0, 0.05) is 30.6 Å². The second kappa shape index (κ2) is 10.5. The van der Waals surface area contributed by atoms with Crippen LogP contribution >= 0.6 is 0 Å². The third-order valence-electron chi connectivity index (χ3n) is 8.14. The number of urea groups is 1. The molecule has 37 heavy (non-hydrogen) atoms. The van der Waals surface area contributed by atoms with Gasteiger partial charge in [-0.3, -0.25) is 0 Å². The monoisotopic (exact) mass is 506 g/mol. The van der Waals surface area contributed by atoms with Gasteiger partial charge < -0.3 is 15.0 Å². The van der Waals surface area contributed by atoms with E-state index in [1.807, 2.05) is 17.9 Å². The van der Waals surface area contributed by atoms with Crippen molar-refractivity contribution in [2.75, 3.05) is 13.1 Å². The molecule has 2 aromatic rings. The van der Waals surface area contributed by atoms with Crippen molar-refractivity contribution in [1.82, 2.24) is 15.6 Å². The topological polar surface area (TPSA) is 83.0 Å². The number of nitrogens with zero attached hydrogens (tertiary/aromatic N) is 2. The maximum Gasteiger partial charge on any atom is 0.428 e. The Hall–Kier alpha value is -3.42. The summed E-state index contributed by atoms with van der Waals surface area (Å²) in [6, 6.07) is 15.0. The Kier molecular flexibility index (Phi) is 7.17. The Morgan fingerprint density at radius 2 is 1.97 bits per heavy atom. The Balaban J connectivity index is 1.16. The number of aryl methyl sites for hydroxylation is 1. The maximum absolute atomic E-state index is 13.7. The zero-order valence-electron chi connectivity index (χ0n) is 21.5. The highest BCUT2D eigenvalue weighted by Crippen LogP contribution is 2.41. The lowest BCUT2D eigenvalue weighted by Gasteiger charge is -2.42. The SMILES string of the molecule is Cc1cc(F)ccc1C1=NNC(=O)OC12CCC(C[C@H](C)NC(=O)N1CC[C@@H](c3ccccc3)C1)CC2. The summed E-state index contributed by atoms with van der Waals surface area (Å²) in [5.41, 5.74) is 5.12. The fraction of sp³-hybridized carbons (Fsp3) is 0.483. The first-order valence-electron chi connectivity index (χ1n) is 13.3. The number of rotatable bonds is 5. The predicted octanol–water partition coefficient (Wildman–Crippen LogP) is 5.48. The van der Waals surface area contributed by atoms with Gasteiger partial charge >= 0.3 is 12.1 Å². The van der Waals surface area contributed by atoms with E-state index in [-0.39, 0.29) is 17.9 Å². The van der Waals surface area contributed by atoms with Crippen LogP contribution in [-0.4, -0.2) is 47.5 Å². The minimum atomic E-state index is -0.810. The number of hydrogen-bond donors (Lipinski definition) is 2. The van der Waals surface area contributed by atoms with Gasteiger partial charge in [-0.05, 0) is 87.6 Å². The number of hydrazone groups is 1. The van der Waals surface area contributed by atoms with Crippen molar-refractivity contribution in [3.63, 3.8) is 0 Å². The maximum atomic E-state index is 13.7. The van der Waals surface area contributed by atoms with Gasteiger partial charge in [0.2, 0.25) is 0 Å². The lowest BCUT2D eigenvalue weighted by atomic mass is 9.72. The smallest absolute Gasteiger partial charge is 0.428 e. The molecule has 5 rings (SSSR count). The highest BCUT2D eigenvalue weighted by molar-refractivity contribution is 6.09. The molecule has 1 saturated heterocycles. The normalized spacial score (nSPS) is 26.3. The molecule has 1 saturated carbocycles. The molecule has 0 bridgehead atoms. The molecule has 0 aromatic heterocycles. The highest BCUT2D eigenvalue weighted by Gasteiger charge is 2.46. The molecule has 0 unspecified atom stereocenters. The number of halogens is 1. The molecule has 2 aliphatic heterocycles. The molecule has 8 heteroatoms. The van der Waals surface area contributed by atoms with Crippen molar-refractivity contribution in [2.45, 2.75) is 69.9 Å². The van der Waals surface area contributed by atoms with Gasteiger partial charge in [-0.15, -0.1) is 0 Å². The van der Waals surface area contributed by atoms with Crippen molar-refractivity contribution >= 4 is 17.8 Å². The minimum absolute atomic E-state index is 0.00620. The summed E-state index contributed by atoms with van der Waals surface area (Å²) in [5, 5.41) is 7.55. The minimum Gasteiger partial charge on any atom is -0.435 e. The first-order valence-corrected chi connectivity index (χ1v) is 13.3. The second-order valence-corrected chi connectivity index (χ2v) is 10.8. The van der Waals surface area contributed by atoms with Crippen LogP contribution in [0.1, 0.15) is 68.1 Å². The van der Waals surface area contributed by atoms with Crippen molar-refractivity contribution in [1.29, 1.82) is 0 Å². The van der Waals surface area contributed by atoms with Gasteiger partial charge in [-0.2, -0.15) is 5.10 Å². The van der Waals surface area contributed by atoms with Gasteiger partial charge in [0.25, 0.3) is 0 Å². The summed E-state index contributed by atoms with van der Waals surface area (Å²) in [6.07, 6.45) is 4.30. The van der Waals surface area contributed by atoms with Crippen LogP contribution in [0, 0.1) is 18.7 Å². The number of likely N-dealkylation sites (tertiary alicyclic amines) is 1. The summed E-state index contributed by atoms with van der Waals surface area (Å²) in [4.78, 5) is 27.0. The van der Waals surface area contributed by atoms with Gasteiger partial charge in [0.05, 0.1) is 0 Å². The molecule has 1 aliphatic carbocycles. The lowest BCUT2D eigenvalue weighted by Crippen LogP contribution is -2.52. The van der Waals surface area contributed by atoms with Crippen molar-refractivity contribution in [3.05, 3.63) is 71.0 Å². The van der Waals surface area contributed by atoms with E-state index in [1.54, 1.807) is 6.07 Å². The van der Waals surface area contributed by atoms with Crippen LogP contribution in [0.2, 0.25) is 0 Å². The summed E-state index contributed by atoms with van der Waals surface area (Å²) < 4.78 is 19.5. The molecule has 7 nitrogen and oxygen atoms in total. The number of hydrogen-bond acceptors (Lipinski definition) is 4. The standard InChI is InChI=1S/C29H35FN4O3/c1-19-16-24(30)8-9-25(19)26-29(37-28(36)33-32-26)13-10-21(11-14-29)17-20(2)31-27(35)34-15-12-23(18-34)22-6-4-3-5-7-22/h3-9,16,20-21,23H,10-15,17-18H2,1-2H3,(H,31,35)(H,33,36)/t20-,21?,23+,29?/m0/s1. The third kappa shape index (κ3) is 5.48. The molecular formula is C29H35FN4O3. The number of benzene rings is 2. The van der Waals surface area contributed by atoms with Crippen LogP contribution in [0.3, 0.4) is 0 Å².